The van der Waals surface area contributed by atoms with Crippen molar-refractivity contribution >= 4 is 27.8 Å². The van der Waals surface area contributed by atoms with E-state index in [1.54, 1.807) is 24.3 Å². The predicted molar refractivity (Wildman–Crippen MR) is 130 cm³/mol. The number of carbonyl (C=O) groups is 3. The van der Waals surface area contributed by atoms with Gasteiger partial charge in [0.1, 0.15) is 12.1 Å². The molecular formula is C25H30N2O8S. The number of rotatable bonds is 10. The van der Waals surface area contributed by atoms with Crippen LogP contribution >= 0.6 is 0 Å². The van der Waals surface area contributed by atoms with Crippen molar-refractivity contribution in [2.24, 2.45) is 0 Å². The number of amides is 2. The third-order valence-corrected chi connectivity index (χ3v) is 7.33. The number of carbonyl (C=O) groups excluding carboxylic acids is 2. The van der Waals surface area contributed by atoms with Gasteiger partial charge in [-0.25, -0.2) is 18.0 Å². The molecule has 194 valence electrons. The molecule has 2 atom stereocenters. The number of carboxylic acid groups (broad SMARTS) is 1. The molecule has 1 aliphatic rings. The highest BCUT2D eigenvalue weighted by atomic mass is 32.2. The van der Waals surface area contributed by atoms with Crippen molar-refractivity contribution in [3.63, 3.8) is 0 Å². The van der Waals surface area contributed by atoms with Crippen LogP contribution in [0.4, 0.5) is 4.79 Å². The van der Waals surface area contributed by atoms with Gasteiger partial charge in [0.15, 0.2) is 15.9 Å². The Kier molecular flexibility index (Phi) is 8.70. The van der Waals surface area contributed by atoms with E-state index < -0.39 is 45.5 Å². The average Bonchev–Trinajstić information content (AvgIpc) is 3.32. The number of nitrogens with one attached hydrogen (secondary N) is 2. The summed E-state index contributed by atoms with van der Waals surface area (Å²) in [7, 11) is -3.42. The van der Waals surface area contributed by atoms with E-state index in [0.29, 0.717) is 18.4 Å². The van der Waals surface area contributed by atoms with Gasteiger partial charge in [-0.2, -0.15) is 0 Å². The third-order valence-electron chi connectivity index (χ3n) is 6.20. The van der Waals surface area contributed by atoms with E-state index >= 15 is 0 Å². The quantitative estimate of drug-likeness (QED) is 0.371. The minimum Gasteiger partial charge on any atom is -0.480 e. The number of aliphatic carboxylic acids is 1. The molecule has 10 nitrogen and oxygen atoms in total. The molecule has 0 heterocycles. The highest BCUT2D eigenvalue weighted by Gasteiger charge is 2.44. The molecule has 3 rings (SSSR count). The van der Waals surface area contributed by atoms with Crippen LogP contribution < -0.4 is 10.6 Å². The molecule has 2 aromatic rings. The molecule has 0 radical (unpaired) electrons. The highest BCUT2D eigenvalue weighted by Crippen LogP contribution is 2.30. The van der Waals surface area contributed by atoms with Crippen molar-refractivity contribution in [1.29, 1.82) is 0 Å². The largest absolute Gasteiger partial charge is 0.480 e. The van der Waals surface area contributed by atoms with Gasteiger partial charge >= 0.3 is 12.1 Å². The first-order chi connectivity index (χ1) is 17.0. The molecule has 36 heavy (non-hydrogen) atoms. The summed E-state index contributed by atoms with van der Waals surface area (Å²) >= 11 is 0. The summed E-state index contributed by atoms with van der Waals surface area (Å²) in [4.78, 5) is 37.3. The van der Waals surface area contributed by atoms with Gasteiger partial charge in [-0.3, -0.25) is 4.79 Å². The lowest BCUT2D eigenvalue weighted by Gasteiger charge is -2.29. The molecule has 0 spiro atoms. The van der Waals surface area contributed by atoms with Gasteiger partial charge in [-0.1, -0.05) is 55.3 Å². The Morgan fingerprint density at radius 3 is 2.17 bits per heavy atom. The monoisotopic (exact) mass is 518 g/mol. The van der Waals surface area contributed by atoms with Crippen LogP contribution in [0.15, 0.2) is 59.5 Å². The van der Waals surface area contributed by atoms with Gasteiger partial charge in [0, 0.05) is 6.26 Å². The number of benzene rings is 2. The Labute approximate surface area is 209 Å². The minimum absolute atomic E-state index is 0.0349. The number of sulfone groups is 1. The molecule has 0 aromatic heterocycles. The van der Waals surface area contributed by atoms with Gasteiger partial charge in [0.2, 0.25) is 0 Å². The second-order valence-corrected chi connectivity index (χ2v) is 11.0. The maximum absolute atomic E-state index is 12.9. The molecule has 0 aliphatic heterocycles. The van der Waals surface area contributed by atoms with Gasteiger partial charge in [-0.05, 0) is 42.5 Å². The minimum atomic E-state index is -3.42. The number of carboxylic acids is 1. The Morgan fingerprint density at radius 1 is 1.00 bits per heavy atom. The lowest BCUT2D eigenvalue weighted by atomic mass is 9.95. The topological polar surface area (TPSA) is 159 Å². The normalized spacial score (nSPS) is 16.5. The molecule has 1 aliphatic carbocycles. The zero-order valence-corrected chi connectivity index (χ0v) is 20.7. The summed E-state index contributed by atoms with van der Waals surface area (Å²) in [5.41, 5.74) is -0.187. The van der Waals surface area contributed by atoms with Crippen LogP contribution in [-0.2, 0) is 37.2 Å². The molecule has 11 heteroatoms. The predicted octanol–water partition coefficient (Wildman–Crippen LogP) is 1.80. The maximum Gasteiger partial charge on any atom is 0.407 e. The zero-order chi connectivity index (χ0) is 26.3. The fourth-order valence-corrected chi connectivity index (χ4v) is 4.78. The number of hydrogen-bond acceptors (Lipinski definition) is 7. The summed E-state index contributed by atoms with van der Waals surface area (Å²) in [5.74, 6) is -2.11. The lowest BCUT2D eigenvalue weighted by Crippen LogP contribution is -2.59. The molecular weight excluding hydrogens is 488 g/mol. The fraction of sp³-hybridized carbons (Fsp3) is 0.400. The molecule has 0 unspecified atom stereocenters. The Hall–Kier alpha value is -3.44. The van der Waals surface area contributed by atoms with Crippen molar-refractivity contribution in [3.05, 3.63) is 65.7 Å². The van der Waals surface area contributed by atoms with E-state index in [-0.39, 0.29) is 30.8 Å². The van der Waals surface area contributed by atoms with E-state index in [4.69, 9.17) is 4.74 Å². The molecule has 2 amide bonds. The lowest BCUT2D eigenvalue weighted by molar-refractivity contribution is -0.149. The zero-order valence-electron chi connectivity index (χ0n) is 19.8. The smallest absolute Gasteiger partial charge is 0.407 e. The van der Waals surface area contributed by atoms with Gasteiger partial charge in [0.25, 0.3) is 5.91 Å². The Morgan fingerprint density at radius 2 is 1.61 bits per heavy atom. The second-order valence-electron chi connectivity index (χ2n) is 8.96. The van der Waals surface area contributed by atoms with E-state index in [1.807, 2.05) is 6.07 Å². The number of aliphatic hydroxyl groups excluding tert-OH is 1. The molecule has 0 bridgehead atoms. The fourth-order valence-electron chi connectivity index (χ4n) is 4.15. The van der Waals surface area contributed by atoms with Crippen LogP contribution in [0.2, 0.25) is 0 Å². The summed E-state index contributed by atoms with van der Waals surface area (Å²) in [6, 6.07) is 13.6. The van der Waals surface area contributed by atoms with E-state index in [2.05, 4.69) is 10.6 Å². The average molecular weight is 519 g/mol. The van der Waals surface area contributed by atoms with Crippen molar-refractivity contribution in [2.75, 3.05) is 6.26 Å². The van der Waals surface area contributed by atoms with Crippen LogP contribution in [0.1, 0.15) is 36.8 Å². The van der Waals surface area contributed by atoms with Gasteiger partial charge in [-0.15, -0.1) is 0 Å². The first-order valence-electron chi connectivity index (χ1n) is 11.5. The van der Waals surface area contributed by atoms with Crippen molar-refractivity contribution < 1.29 is 37.8 Å². The molecule has 1 fully saturated rings. The molecule has 0 saturated heterocycles. The van der Waals surface area contributed by atoms with E-state index in [1.165, 1.54) is 24.3 Å². The first kappa shape index (κ1) is 27.2. The van der Waals surface area contributed by atoms with E-state index in [0.717, 1.165) is 11.8 Å². The Bertz CT molecular complexity index is 1180. The maximum atomic E-state index is 12.9. The van der Waals surface area contributed by atoms with Crippen LogP contribution in [0, 0.1) is 0 Å². The van der Waals surface area contributed by atoms with Crippen LogP contribution in [-0.4, -0.2) is 60.5 Å². The number of ether oxygens (including phenoxy) is 1. The molecule has 4 N–H and O–H groups in total. The number of hydrogen-bond donors (Lipinski definition) is 4. The second kappa shape index (κ2) is 11.5. The number of alkyl carbamates (subject to hydrolysis) is 1. The van der Waals surface area contributed by atoms with Crippen LogP contribution in [0.25, 0.3) is 0 Å². The Balaban J connectivity index is 1.75. The molecule has 2 aromatic carbocycles. The van der Waals surface area contributed by atoms with Crippen molar-refractivity contribution in [1.82, 2.24) is 10.6 Å². The summed E-state index contributed by atoms with van der Waals surface area (Å²) in [6.45, 7) is -0.0349. The van der Waals surface area contributed by atoms with Crippen LogP contribution in [0.5, 0.6) is 0 Å². The SMILES string of the molecule is CS(=O)(=O)c1ccc(C[C@@H](NC(=O)OCc2ccccc2)[C@H](O)C(=O)NC2(C(=O)O)CCCC2)cc1. The van der Waals surface area contributed by atoms with Gasteiger partial charge in [0.05, 0.1) is 10.9 Å². The summed E-state index contributed by atoms with van der Waals surface area (Å²) in [5, 5.41) is 25.4. The summed E-state index contributed by atoms with van der Waals surface area (Å²) < 4.78 is 28.7. The summed E-state index contributed by atoms with van der Waals surface area (Å²) in [6.07, 6.45) is 0.101. The van der Waals surface area contributed by atoms with Crippen molar-refractivity contribution in [2.45, 2.75) is 61.3 Å². The van der Waals surface area contributed by atoms with E-state index in [9.17, 15) is 33.0 Å². The van der Waals surface area contributed by atoms with Crippen LogP contribution in [0.3, 0.4) is 0 Å². The molecule has 1 saturated carbocycles. The van der Waals surface area contributed by atoms with Gasteiger partial charge < -0.3 is 25.6 Å². The first-order valence-corrected chi connectivity index (χ1v) is 13.4. The highest BCUT2D eigenvalue weighted by molar-refractivity contribution is 7.90. The number of aliphatic hydroxyl groups is 1. The van der Waals surface area contributed by atoms with Crippen molar-refractivity contribution in [3.8, 4) is 0 Å². The standard InChI is InChI=1S/C25H30N2O8S/c1-36(33,34)19-11-9-17(10-12-19)15-20(26-24(32)35-16-18-7-3-2-4-8-18)21(28)22(29)27-25(23(30)31)13-5-6-14-25/h2-4,7-12,20-21,28H,5-6,13-16H2,1H3,(H,26,32)(H,27,29)(H,30,31)/t20-,21+/m1/s1. The third kappa shape index (κ3) is 7.05.